The monoisotopic (exact) mass is 372 g/mol. The number of hydrogen-bond donors (Lipinski definition) is 3. The highest BCUT2D eigenvalue weighted by atomic mass is 32.1. The van der Waals surface area contributed by atoms with Crippen molar-refractivity contribution in [3.63, 3.8) is 0 Å². The SMILES string of the molecule is CCNC(=NCc1ccc(CC)s1)NCCC(=O)NCc1ccccc1. The summed E-state index contributed by atoms with van der Waals surface area (Å²) in [6.07, 6.45) is 1.47. The minimum atomic E-state index is 0.0306. The van der Waals surface area contributed by atoms with Crippen LogP contribution in [0.25, 0.3) is 0 Å². The van der Waals surface area contributed by atoms with Crippen LogP contribution in [0.5, 0.6) is 0 Å². The molecule has 6 heteroatoms. The summed E-state index contributed by atoms with van der Waals surface area (Å²) < 4.78 is 0. The number of thiophene rings is 1. The first-order chi connectivity index (χ1) is 12.7. The van der Waals surface area contributed by atoms with Crippen LogP contribution in [0.4, 0.5) is 0 Å². The second kappa shape index (κ2) is 11.3. The zero-order chi connectivity index (χ0) is 18.6. The van der Waals surface area contributed by atoms with Crippen LogP contribution in [0.15, 0.2) is 47.5 Å². The second-order valence-electron chi connectivity index (χ2n) is 5.86. The van der Waals surface area contributed by atoms with Crippen LogP contribution < -0.4 is 16.0 Å². The molecule has 1 heterocycles. The van der Waals surface area contributed by atoms with E-state index in [4.69, 9.17) is 0 Å². The van der Waals surface area contributed by atoms with E-state index >= 15 is 0 Å². The summed E-state index contributed by atoms with van der Waals surface area (Å²) in [5.74, 6) is 0.776. The number of hydrogen-bond acceptors (Lipinski definition) is 3. The van der Waals surface area contributed by atoms with Gasteiger partial charge in [0, 0.05) is 35.8 Å². The Hall–Kier alpha value is -2.34. The van der Waals surface area contributed by atoms with E-state index in [1.54, 1.807) is 11.3 Å². The number of amides is 1. The van der Waals surface area contributed by atoms with Gasteiger partial charge >= 0.3 is 0 Å². The van der Waals surface area contributed by atoms with Gasteiger partial charge in [-0.05, 0) is 31.0 Å². The Morgan fingerprint density at radius 1 is 1.00 bits per heavy atom. The van der Waals surface area contributed by atoms with Crippen molar-refractivity contribution in [2.75, 3.05) is 13.1 Å². The second-order valence-corrected chi connectivity index (χ2v) is 7.11. The van der Waals surface area contributed by atoms with Crippen LogP contribution in [0.1, 0.15) is 35.6 Å². The molecule has 1 aromatic carbocycles. The molecule has 0 saturated heterocycles. The van der Waals surface area contributed by atoms with E-state index in [-0.39, 0.29) is 5.91 Å². The van der Waals surface area contributed by atoms with E-state index in [2.05, 4.69) is 40.0 Å². The fourth-order valence-corrected chi connectivity index (χ4v) is 3.26. The molecule has 140 valence electrons. The third kappa shape index (κ3) is 7.27. The van der Waals surface area contributed by atoms with Crippen molar-refractivity contribution in [2.45, 2.75) is 39.8 Å². The fourth-order valence-electron chi connectivity index (χ4n) is 2.38. The van der Waals surface area contributed by atoms with Crippen LogP contribution in [0.3, 0.4) is 0 Å². The zero-order valence-corrected chi connectivity index (χ0v) is 16.4. The number of benzene rings is 1. The number of nitrogens with one attached hydrogen (secondary N) is 3. The molecular weight excluding hydrogens is 344 g/mol. The van der Waals surface area contributed by atoms with Gasteiger partial charge in [0.25, 0.3) is 0 Å². The molecule has 2 aromatic rings. The first kappa shape index (κ1) is 20.0. The van der Waals surface area contributed by atoms with E-state index in [0.29, 0.717) is 26.1 Å². The Balaban J connectivity index is 1.73. The van der Waals surface area contributed by atoms with Crippen LogP contribution in [0, 0.1) is 0 Å². The van der Waals surface area contributed by atoms with Crippen molar-refractivity contribution in [1.29, 1.82) is 0 Å². The molecule has 0 aliphatic heterocycles. The predicted molar refractivity (Wildman–Crippen MR) is 109 cm³/mol. The summed E-state index contributed by atoms with van der Waals surface area (Å²) in [7, 11) is 0. The van der Waals surface area contributed by atoms with Gasteiger partial charge in [-0.25, -0.2) is 4.99 Å². The molecule has 1 amide bonds. The average Bonchev–Trinajstić information content (AvgIpc) is 3.13. The third-order valence-electron chi connectivity index (χ3n) is 3.78. The molecule has 0 saturated carbocycles. The number of carbonyl (C=O) groups excluding carboxylic acids is 1. The van der Waals surface area contributed by atoms with E-state index in [9.17, 15) is 4.79 Å². The Kier molecular flexibility index (Phi) is 8.69. The maximum Gasteiger partial charge on any atom is 0.222 e. The van der Waals surface area contributed by atoms with Crippen LogP contribution in [-0.4, -0.2) is 25.0 Å². The van der Waals surface area contributed by atoms with Crippen molar-refractivity contribution < 1.29 is 4.79 Å². The zero-order valence-electron chi connectivity index (χ0n) is 15.5. The number of aliphatic imine (C=N–C) groups is 1. The molecule has 0 fully saturated rings. The molecular formula is C20H28N4OS. The number of carbonyl (C=O) groups is 1. The molecule has 0 unspecified atom stereocenters. The van der Waals surface area contributed by atoms with Gasteiger partial charge in [0.05, 0.1) is 6.54 Å². The summed E-state index contributed by atoms with van der Waals surface area (Å²) in [4.78, 5) is 19.2. The van der Waals surface area contributed by atoms with Gasteiger partial charge in [-0.1, -0.05) is 37.3 Å². The van der Waals surface area contributed by atoms with Gasteiger partial charge in [0.2, 0.25) is 5.91 Å². The smallest absolute Gasteiger partial charge is 0.222 e. The number of rotatable bonds is 9. The summed E-state index contributed by atoms with van der Waals surface area (Å²) in [6.45, 7) is 6.75. The fraction of sp³-hybridized carbons (Fsp3) is 0.400. The lowest BCUT2D eigenvalue weighted by atomic mass is 10.2. The Bertz CT molecular complexity index is 697. The Labute approximate surface area is 159 Å². The van der Waals surface area contributed by atoms with Gasteiger partial charge in [0.1, 0.15) is 0 Å². The van der Waals surface area contributed by atoms with E-state index < -0.39 is 0 Å². The summed E-state index contributed by atoms with van der Waals surface area (Å²) in [5, 5.41) is 9.37. The lowest BCUT2D eigenvalue weighted by Gasteiger charge is -2.11. The van der Waals surface area contributed by atoms with Crippen LogP contribution >= 0.6 is 11.3 Å². The molecule has 3 N–H and O–H groups in total. The molecule has 0 spiro atoms. The predicted octanol–water partition coefficient (Wildman–Crippen LogP) is 3.07. The maximum atomic E-state index is 12.0. The van der Waals surface area contributed by atoms with Gasteiger partial charge < -0.3 is 16.0 Å². The van der Waals surface area contributed by atoms with E-state index in [1.807, 2.05) is 37.3 Å². The van der Waals surface area contributed by atoms with Crippen LogP contribution in [0.2, 0.25) is 0 Å². The molecule has 2 rings (SSSR count). The molecule has 0 radical (unpaired) electrons. The van der Waals surface area contributed by atoms with Crippen LogP contribution in [-0.2, 0) is 24.3 Å². The number of aryl methyl sites for hydroxylation is 1. The van der Waals surface area contributed by atoms with Crippen molar-refractivity contribution in [1.82, 2.24) is 16.0 Å². The first-order valence-electron chi connectivity index (χ1n) is 9.11. The van der Waals surface area contributed by atoms with E-state index in [0.717, 1.165) is 24.5 Å². The Morgan fingerprint density at radius 3 is 2.46 bits per heavy atom. The quantitative estimate of drug-likeness (QED) is 0.468. The van der Waals surface area contributed by atoms with Gasteiger partial charge in [0.15, 0.2) is 5.96 Å². The highest BCUT2D eigenvalue weighted by Gasteiger charge is 2.04. The van der Waals surface area contributed by atoms with Crippen molar-refractivity contribution in [2.24, 2.45) is 4.99 Å². The third-order valence-corrected chi connectivity index (χ3v) is 4.99. The molecule has 1 aromatic heterocycles. The number of nitrogens with zero attached hydrogens (tertiary/aromatic N) is 1. The van der Waals surface area contributed by atoms with E-state index in [1.165, 1.54) is 9.75 Å². The van der Waals surface area contributed by atoms with Gasteiger partial charge in [-0.15, -0.1) is 11.3 Å². The molecule has 26 heavy (non-hydrogen) atoms. The lowest BCUT2D eigenvalue weighted by Crippen LogP contribution is -2.39. The molecule has 0 aliphatic rings. The Morgan fingerprint density at radius 2 is 1.77 bits per heavy atom. The minimum Gasteiger partial charge on any atom is -0.357 e. The lowest BCUT2D eigenvalue weighted by molar-refractivity contribution is -0.121. The normalized spacial score (nSPS) is 11.2. The van der Waals surface area contributed by atoms with Crippen molar-refractivity contribution >= 4 is 23.2 Å². The summed E-state index contributed by atoms with van der Waals surface area (Å²) in [6, 6.07) is 14.2. The molecule has 0 atom stereocenters. The molecule has 0 aliphatic carbocycles. The highest BCUT2D eigenvalue weighted by Crippen LogP contribution is 2.17. The van der Waals surface area contributed by atoms with Crippen molar-refractivity contribution in [3.05, 3.63) is 57.8 Å². The largest absolute Gasteiger partial charge is 0.357 e. The van der Waals surface area contributed by atoms with Gasteiger partial charge in [-0.3, -0.25) is 4.79 Å². The summed E-state index contributed by atoms with van der Waals surface area (Å²) in [5.41, 5.74) is 1.10. The van der Waals surface area contributed by atoms with Gasteiger partial charge in [-0.2, -0.15) is 0 Å². The topological polar surface area (TPSA) is 65.5 Å². The summed E-state index contributed by atoms with van der Waals surface area (Å²) >= 11 is 1.80. The first-order valence-corrected chi connectivity index (χ1v) is 9.93. The molecule has 5 nitrogen and oxygen atoms in total. The minimum absolute atomic E-state index is 0.0306. The maximum absolute atomic E-state index is 12.0. The highest BCUT2D eigenvalue weighted by molar-refractivity contribution is 7.11. The van der Waals surface area contributed by atoms with Crippen molar-refractivity contribution in [3.8, 4) is 0 Å². The standard InChI is InChI=1S/C20H28N4OS/c1-3-17-10-11-18(26-17)15-24-20(21-4-2)22-13-12-19(25)23-14-16-8-6-5-7-9-16/h5-11H,3-4,12-15H2,1-2H3,(H,23,25)(H2,21,22,24). The average molecular weight is 373 g/mol. The number of guanidine groups is 1. The molecule has 0 bridgehead atoms.